The van der Waals surface area contributed by atoms with Gasteiger partial charge in [0, 0.05) is 22.8 Å². The summed E-state index contributed by atoms with van der Waals surface area (Å²) >= 11 is 3.41. The second kappa shape index (κ2) is 14.5. The van der Waals surface area contributed by atoms with Gasteiger partial charge >= 0.3 is 0 Å². The number of aromatic nitrogens is 2. The van der Waals surface area contributed by atoms with Crippen LogP contribution in [0.4, 0.5) is 4.39 Å². The summed E-state index contributed by atoms with van der Waals surface area (Å²) in [7, 11) is 0.944. The third kappa shape index (κ3) is 10.1. The number of nitrogens with one attached hydrogen (secondary N) is 1. The highest BCUT2D eigenvalue weighted by Gasteiger charge is 1.99. The Morgan fingerprint density at radius 1 is 0.943 bits per heavy atom. The highest BCUT2D eigenvalue weighted by atomic mass is 79.9. The molecule has 0 unspecified atom stereocenters. The van der Waals surface area contributed by atoms with Gasteiger partial charge in [0.2, 0.25) is 0 Å². The van der Waals surface area contributed by atoms with Crippen molar-refractivity contribution in [1.82, 2.24) is 9.97 Å². The first-order valence-corrected chi connectivity index (χ1v) is 13.0. The molecule has 0 bridgehead atoms. The van der Waals surface area contributed by atoms with E-state index in [-0.39, 0.29) is 5.82 Å². The van der Waals surface area contributed by atoms with Crippen molar-refractivity contribution in [2.75, 3.05) is 0 Å². The smallest absolute Gasteiger partial charge is 0.158 e. The van der Waals surface area contributed by atoms with Crippen LogP contribution < -0.4 is 5.46 Å². The summed E-state index contributed by atoms with van der Waals surface area (Å²) < 4.78 is 14.1. The fourth-order valence-electron chi connectivity index (χ4n) is 3.83. The fourth-order valence-corrected chi connectivity index (χ4v) is 4.10. The quantitative estimate of drug-likeness (QED) is 0.138. The second-order valence-electron chi connectivity index (χ2n) is 8.77. The number of rotatable bonds is 9. The first kappa shape index (κ1) is 26.7. The number of benzene rings is 3. The van der Waals surface area contributed by atoms with Crippen molar-refractivity contribution in [2.45, 2.75) is 45.9 Å². The van der Waals surface area contributed by atoms with Gasteiger partial charge in [-0.2, -0.15) is 0 Å². The molecule has 1 aromatic heterocycles. The summed E-state index contributed by atoms with van der Waals surface area (Å²) in [5, 5.41) is 0. The Morgan fingerprint density at radius 2 is 1.71 bits per heavy atom. The van der Waals surface area contributed by atoms with Crippen molar-refractivity contribution in [2.24, 2.45) is 0 Å². The lowest BCUT2D eigenvalue weighted by Gasteiger charge is -2.02. The van der Waals surface area contributed by atoms with Crippen LogP contribution in [-0.4, -0.2) is 17.2 Å². The van der Waals surface area contributed by atoms with Gasteiger partial charge in [0.15, 0.2) is 7.28 Å². The van der Waals surface area contributed by atoms with E-state index in [2.05, 4.69) is 81.4 Å². The second-order valence-corrected chi connectivity index (χ2v) is 9.69. The molecule has 5 heteroatoms. The fraction of sp³-hybridized carbons (Fsp3) is 0.233. The molecule has 180 valence electrons. The SMILES string of the molecule is Cc1ccccc1CCC=CCCBc1cccc(F)c1.Cc1cnc(Cc2ccc(Br)cc2)[nH]1. The van der Waals surface area contributed by atoms with E-state index in [1.165, 1.54) is 22.8 Å². The van der Waals surface area contributed by atoms with Gasteiger partial charge in [0.25, 0.3) is 0 Å². The molecule has 1 heterocycles. The maximum absolute atomic E-state index is 13.0. The molecule has 35 heavy (non-hydrogen) atoms. The lowest BCUT2D eigenvalue weighted by Crippen LogP contribution is -2.13. The van der Waals surface area contributed by atoms with Gasteiger partial charge in [0.1, 0.15) is 11.6 Å². The van der Waals surface area contributed by atoms with Crippen LogP contribution in [0.25, 0.3) is 0 Å². The minimum atomic E-state index is -0.138. The van der Waals surface area contributed by atoms with Gasteiger partial charge < -0.3 is 4.98 Å². The molecular weight excluding hydrogens is 498 g/mol. The van der Waals surface area contributed by atoms with E-state index in [0.717, 1.165) is 60.7 Å². The van der Waals surface area contributed by atoms with Crippen molar-refractivity contribution in [3.05, 3.63) is 130 Å². The number of nitrogens with zero attached hydrogens (tertiary/aromatic N) is 1. The van der Waals surface area contributed by atoms with Crippen LogP contribution >= 0.6 is 15.9 Å². The third-order valence-corrected chi connectivity index (χ3v) is 6.30. The molecule has 4 aromatic rings. The maximum atomic E-state index is 13.0. The Morgan fingerprint density at radius 3 is 2.43 bits per heavy atom. The molecule has 0 amide bonds. The zero-order valence-electron chi connectivity index (χ0n) is 20.6. The van der Waals surface area contributed by atoms with Gasteiger partial charge in [-0.15, -0.1) is 0 Å². The summed E-state index contributed by atoms with van der Waals surface area (Å²) in [5.41, 5.74) is 6.27. The molecule has 0 saturated heterocycles. The van der Waals surface area contributed by atoms with Crippen molar-refractivity contribution in [1.29, 1.82) is 0 Å². The Labute approximate surface area is 218 Å². The lowest BCUT2D eigenvalue weighted by molar-refractivity contribution is 0.629. The first-order chi connectivity index (χ1) is 17.0. The average molecular weight is 531 g/mol. The number of H-pyrrole nitrogens is 1. The molecular formula is C30H33BBrFN2. The minimum Gasteiger partial charge on any atom is -0.346 e. The molecule has 0 spiro atoms. The molecule has 2 nitrogen and oxygen atoms in total. The topological polar surface area (TPSA) is 28.7 Å². The molecule has 3 aromatic carbocycles. The van der Waals surface area contributed by atoms with E-state index in [4.69, 9.17) is 0 Å². The van der Waals surface area contributed by atoms with Gasteiger partial charge in [-0.1, -0.05) is 88.4 Å². The summed E-state index contributed by atoms with van der Waals surface area (Å²) in [6.07, 6.45) is 11.6. The number of hydrogen-bond acceptors (Lipinski definition) is 1. The summed E-state index contributed by atoms with van der Waals surface area (Å²) in [6, 6.07) is 23.7. The van der Waals surface area contributed by atoms with Crippen LogP contribution in [0.15, 0.2) is 95.6 Å². The number of imidazole rings is 1. The van der Waals surface area contributed by atoms with Crippen LogP contribution in [0.5, 0.6) is 0 Å². The van der Waals surface area contributed by atoms with Gasteiger partial charge in [0.05, 0.1) is 0 Å². The lowest BCUT2D eigenvalue weighted by atomic mass is 9.66. The minimum absolute atomic E-state index is 0.138. The number of aryl methyl sites for hydroxylation is 3. The molecule has 0 atom stereocenters. The van der Waals surface area contributed by atoms with E-state index in [9.17, 15) is 4.39 Å². The third-order valence-electron chi connectivity index (χ3n) is 5.77. The van der Waals surface area contributed by atoms with Gasteiger partial charge in [-0.05, 0) is 74.1 Å². The first-order valence-electron chi connectivity index (χ1n) is 12.2. The predicted octanol–water partition coefficient (Wildman–Crippen LogP) is 7.26. The number of allylic oxidation sites excluding steroid dienone is 2. The molecule has 0 aliphatic heterocycles. The highest BCUT2D eigenvalue weighted by molar-refractivity contribution is 9.10. The van der Waals surface area contributed by atoms with Crippen LogP contribution in [-0.2, 0) is 12.8 Å². The van der Waals surface area contributed by atoms with Crippen LogP contribution in [0.3, 0.4) is 0 Å². The Bertz CT molecular complexity index is 1200. The maximum Gasteiger partial charge on any atom is 0.158 e. The van der Waals surface area contributed by atoms with E-state index < -0.39 is 0 Å². The highest BCUT2D eigenvalue weighted by Crippen LogP contribution is 2.13. The summed E-state index contributed by atoms with van der Waals surface area (Å²) in [5.74, 6) is 0.881. The Hall–Kier alpha value is -2.92. The molecule has 0 fully saturated rings. The molecule has 4 rings (SSSR count). The predicted molar refractivity (Wildman–Crippen MR) is 152 cm³/mol. The van der Waals surface area contributed by atoms with Crippen molar-refractivity contribution in [3.8, 4) is 0 Å². The van der Waals surface area contributed by atoms with Crippen molar-refractivity contribution in [3.63, 3.8) is 0 Å². The van der Waals surface area contributed by atoms with Crippen LogP contribution in [0, 0.1) is 19.7 Å². The molecule has 0 saturated carbocycles. The standard InChI is InChI=1S/C19H22BF.C11H11BrN2/c1-16-9-5-6-11-17(16)10-4-2-3-7-14-20-18-12-8-13-19(21)15-18;1-8-7-13-11(14-8)6-9-2-4-10(12)5-3-9/h2-3,5-6,8-9,11-13,15,20H,4,7,10,14H2,1H3;2-5,7H,6H2,1H3,(H,13,14). The summed E-state index contributed by atoms with van der Waals surface area (Å²) in [4.78, 5) is 7.48. The van der Waals surface area contributed by atoms with Crippen LogP contribution in [0.2, 0.25) is 6.32 Å². The Kier molecular flexibility index (Phi) is 11.0. The molecule has 0 aliphatic carbocycles. The van der Waals surface area contributed by atoms with Crippen LogP contribution in [0.1, 0.15) is 41.1 Å². The number of hydrogen-bond donors (Lipinski definition) is 1. The Balaban J connectivity index is 0.000000211. The zero-order valence-corrected chi connectivity index (χ0v) is 22.2. The monoisotopic (exact) mass is 530 g/mol. The largest absolute Gasteiger partial charge is 0.346 e. The van der Waals surface area contributed by atoms with Gasteiger partial charge in [-0.25, -0.2) is 9.37 Å². The normalized spacial score (nSPS) is 10.7. The molecule has 0 aliphatic rings. The summed E-state index contributed by atoms with van der Waals surface area (Å²) in [6.45, 7) is 4.18. The van der Waals surface area contributed by atoms with E-state index >= 15 is 0 Å². The van der Waals surface area contributed by atoms with E-state index in [1.54, 1.807) is 12.1 Å². The van der Waals surface area contributed by atoms with E-state index in [1.807, 2.05) is 31.3 Å². The van der Waals surface area contributed by atoms with Crippen molar-refractivity contribution < 1.29 is 4.39 Å². The number of halogens is 2. The average Bonchev–Trinajstić information content (AvgIpc) is 3.26. The van der Waals surface area contributed by atoms with Crippen molar-refractivity contribution >= 4 is 28.7 Å². The molecule has 0 radical (unpaired) electrons. The zero-order chi connectivity index (χ0) is 24.9. The number of aromatic amines is 1. The van der Waals surface area contributed by atoms with Gasteiger partial charge in [-0.3, -0.25) is 0 Å². The van der Waals surface area contributed by atoms with E-state index in [0.29, 0.717) is 0 Å². The molecule has 1 N–H and O–H groups in total.